The van der Waals surface area contributed by atoms with Gasteiger partial charge in [0.2, 0.25) is 5.91 Å². The van der Waals surface area contributed by atoms with Crippen molar-refractivity contribution in [3.63, 3.8) is 0 Å². The maximum Gasteiger partial charge on any atom is 0.237 e. The Kier molecular flexibility index (Phi) is 7.62. The molecule has 1 unspecified atom stereocenters. The summed E-state index contributed by atoms with van der Waals surface area (Å²) in [6.45, 7) is 11.1. The molecule has 0 fully saturated rings. The summed E-state index contributed by atoms with van der Waals surface area (Å²) in [4.78, 5) is 12.8. The summed E-state index contributed by atoms with van der Waals surface area (Å²) in [5.41, 5.74) is 4.94. The van der Waals surface area contributed by atoms with Crippen molar-refractivity contribution in [2.45, 2.75) is 58.1 Å². The maximum absolute atomic E-state index is 12.8. The third-order valence-corrected chi connectivity index (χ3v) is 6.60. The van der Waals surface area contributed by atoms with Crippen LogP contribution in [-0.2, 0) is 17.9 Å². The van der Waals surface area contributed by atoms with Crippen molar-refractivity contribution in [3.05, 3.63) is 63.9 Å². The Morgan fingerprint density at radius 2 is 1.84 bits per heavy atom. The molecule has 1 aromatic heterocycles. The molecule has 0 saturated heterocycles. The molecule has 0 bridgehead atoms. The molecule has 0 aliphatic carbocycles. The van der Waals surface area contributed by atoms with Gasteiger partial charge in [0.05, 0.1) is 11.8 Å². The van der Waals surface area contributed by atoms with E-state index >= 15 is 0 Å². The Labute approximate surface area is 192 Å². The van der Waals surface area contributed by atoms with E-state index in [-0.39, 0.29) is 11.2 Å². The van der Waals surface area contributed by atoms with Crippen molar-refractivity contribution in [1.82, 2.24) is 14.8 Å². The second kappa shape index (κ2) is 10.2. The van der Waals surface area contributed by atoms with Crippen LogP contribution in [-0.4, -0.2) is 25.9 Å². The number of nitrogens with zero attached hydrogens (tertiary/aromatic N) is 3. The molecule has 0 spiro atoms. The minimum atomic E-state index is -0.315. The smallest absolute Gasteiger partial charge is 0.237 e. The van der Waals surface area contributed by atoms with Gasteiger partial charge >= 0.3 is 0 Å². The molecule has 1 amide bonds. The van der Waals surface area contributed by atoms with Crippen LogP contribution in [0.1, 0.15) is 36.4 Å². The van der Waals surface area contributed by atoms with Crippen LogP contribution < -0.4 is 10.6 Å². The van der Waals surface area contributed by atoms with Gasteiger partial charge in [-0.25, -0.2) is 0 Å². The summed E-state index contributed by atoms with van der Waals surface area (Å²) >= 11 is 7.62. The van der Waals surface area contributed by atoms with Crippen molar-refractivity contribution >= 4 is 40.6 Å². The highest BCUT2D eigenvalue weighted by Crippen LogP contribution is 2.26. The van der Waals surface area contributed by atoms with E-state index in [9.17, 15) is 4.79 Å². The summed E-state index contributed by atoms with van der Waals surface area (Å²) < 4.78 is 2.02. The minimum absolute atomic E-state index is 0.0537. The largest absolute Gasteiger partial charge is 0.378 e. The Morgan fingerprint density at radius 1 is 1.13 bits per heavy atom. The fourth-order valence-corrected chi connectivity index (χ4v) is 4.30. The maximum atomic E-state index is 12.8. The number of hydrogen-bond acceptors (Lipinski definition) is 5. The molecule has 3 rings (SSSR count). The van der Waals surface area contributed by atoms with Crippen LogP contribution in [0, 0.1) is 20.8 Å². The molecule has 6 nitrogen and oxygen atoms in total. The lowest BCUT2D eigenvalue weighted by atomic mass is 10.1. The van der Waals surface area contributed by atoms with Crippen LogP contribution in [0.4, 0.5) is 11.4 Å². The Hall–Kier alpha value is -2.51. The average molecular weight is 458 g/mol. The van der Waals surface area contributed by atoms with Gasteiger partial charge in [-0.05, 0) is 63.4 Å². The van der Waals surface area contributed by atoms with Crippen LogP contribution in [0.15, 0.2) is 41.6 Å². The highest BCUT2D eigenvalue weighted by Gasteiger charge is 2.20. The van der Waals surface area contributed by atoms with Crippen LogP contribution >= 0.6 is 23.4 Å². The molecule has 31 heavy (non-hydrogen) atoms. The number of carbonyl (C=O) groups is 1. The van der Waals surface area contributed by atoms with E-state index < -0.39 is 0 Å². The number of benzene rings is 2. The van der Waals surface area contributed by atoms with Gasteiger partial charge in [-0.1, -0.05) is 47.6 Å². The first kappa shape index (κ1) is 23.2. The van der Waals surface area contributed by atoms with Gasteiger partial charge in [0.25, 0.3) is 0 Å². The number of para-hydroxylation sites is 1. The van der Waals surface area contributed by atoms with E-state index in [4.69, 9.17) is 11.6 Å². The molecule has 0 saturated carbocycles. The number of aryl methyl sites for hydroxylation is 3. The lowest BCUT2D eigenvalue weighted by Gasteiger charge is -2.15. The van der Waals surface area contributed by atoms with Gasteiger partial charge in [0.1, 0.15) is 0 Å². The second-order valence-electron chi connectivity index (χ2n) is 7.48. The Balaban J connectivity index is 1.66. The zero-order valence-corrected chi connectivity index (χ0v) is 20.1. The molecular weight excluding hydrogens is 430 g/mol. The number of halogens is 1. The average Bonchev–Trinajstić information content (AvgIpc) is 3.12. The molecule has 2 aromatic carbocycles. The summed E-state index contributed by atoms with van der Waals surface area (Å²) in [6, 6.07) is 11.8. The topological polar surface area (TPSA) is 71.8 Å². The summed E-state index contributed by atoms with van der Waals surface area (Å²) in [5, 5.41) is 16.2. The summed E-state index contributed by atoms with van der Waals surface area (Å²) in [6.07, 6.45) is 0. The molecule has 1 atom stereocenters. The number of carbonyl (C=O) groups excluding carboxylic acids is 1. The first-order valence-electron chi connectivity index (χ1n) is 10.3. The SMILES string of the molecule is CCn1c(CNc2ccc(C)c(Cl)c2)nnc1SC(C)C(=O)Nc1c(C)cccc1C. The molecule has 0 radical (unpaired) electrons. The fourth-order valence-electron chi connectivity index (χ4n) is 3.19. The van der Waals surface area contributed by atoms with Gasteiger partial charge in [-0.3, -0.25) is 4.79 Å². The number of aromatic nitrogens is 3. The van der Waals surface area contributed by atoms with Gasteiger partial charge < -0.3 is 15.2 Å². The molecule has 8 heteroatoms. The third-order valence-electron chi connectivity index (χ3n) is 5.11. The zero-order chi connectivity index (χ0) is 22.5. The van der Waals surface area contributed by atoms with Crippen molar-refractivity contribution in [3.8, 4) is 0 Å². The van der Waals surface area contributed by atoms with Crippen LogP contribution in [0.5, 0.6) is 0 Å². The Morgan fingerprint density at radius 3 is 2.48 bits per heavy atom. The van der Waals surface area contributed by atoms with Crippen LogP contribution in [0.2, 0.25) is 5.02 Å². The molecule has 164 valence electrons. The molecule has 0 aliphatic heterocycles. The Bertz CT molecular complexity index is 1060. The number of nitrogens with one attached hydrogen (secondary N) is 2. The summed E-state index contributed by atoms with van der Waals surface area (Å²) in [7, 11) is 0. The highest BCUT2D eigenvalue weighted by atomic mass is 35.5. The quantitative estimate of drug-likeness (QED) is 0.430. The van der Waals surface area contributed by atoms with E-state index in [0.717, 1.165) is 44.1 Å². The van der Waals surface area contributed by atoms with Gasteiger partial charge in [-0.15, -0.1) is 10.2 Å². The number of hydrogen-bond donors (Lipinski definition) is 2. The van der Waals surface area contributed by atoms with E-state index in [0.29, 0.717) is 13.1 Å². The van der Waals surface area contributed by atoms with E-state index in [1.807, 2.05) is 75.6 Å². The van der Waals surface area contributed by atoms with Gasteiger partial charge in [-0.2, -0.15) is 0 Å². The molecular formula is C23H28ClN5OS. The van der Waals surface area contributed by atoms with Crippen molar-refractivity contribution in [2.24, 2.45) is 0 Å². The van der Waals surface area contributed by atoms with Crippen LogP contribution in [0.3, 0.4) is 0 Å². The number of anilines is 2. The number of thioether (sulfide) groups is 1. The standard InChI is InChI=1S/C23H28ClN5OS/c1-6-29-20(13-25-18-11-10-14(2)19(24)12-18)27-28-23(29)31-17(5)22(30)26-21-15(3)8-7-9-16(21)4/h7-12,17,25H,6,13H2,1-5H3,(H,26,30). The minimum Gasteiger partial charge on any atom is -0.378 e. The van der Waals surface area contributed by atoms with E-state index in [1.54, 1.807) is 0 Å². The number of amides is 1. The van der Waals surface area contributed by atoms with Crippen molar-refractivity contribution in [1.29, 1.82) is 0 Å². The predicted molar refractivity (Wildman–Crippen MR) is 129 cm³/mol. The first-order chi connectivity index (χ1) is 14.8. The van der Waals surface area contributed by atoms with E-state index in [1.165, 1.54) is 11.8 Å². The van der Waals surface area contributed by atoms with Gasteiger partial charge in [0, 0.05) is 22.9 Å². The third kappa shape index (κ3) is 5.60. The number of rotatable bonds is 8. The zero-order valence-electron chi connectivity index (χ0n) is 18.5. The monoisotopic (exact) mass is 457 g/mol. The normalized spacial score (nSPS) is 11.9. The predicted octanol–water partition coefficient (Wildman–Crippen LogP) is 5.61. The van der Waals surface area contributed by atoms with E-state index in [2.05, 4.69) is 20.8 Å². The molecule has 0 aliphatic rings. The lowest BCUT2D eigenvalue weighted by molar-refractivity contribution is -0.115. The second-order valence-corrected chi connectivity index (χ2v) is 9.19. The first-order valence-corrected chi connectivity index (χ1v) is 11.5. The van der Waals surface area contributed by atoms with Crippen molar-refractivity contribution in [2.75, 3.05) is 10.6 Å². The summed E-state index contributed by atoms with van der Waals surface area (Å²) in [5.74, 6) is 0.756. The highest BCUT2D eigenvalue weighted by molar-refractivity contribution is 8.00. The lowest BCUT2D eigenvalue weighted by Crippen LogP contribution is -2.24. The van der Waals surface area contributed by atoms with Crippen molar-refractivity contribution < 1.29 is 4.79 Å². The molecule has 2 N–H and O–H groups in total. The fraction of sp³-hybridized carbons (Fsp3) is 0.348. The van der Waals surface area contributed by atoms with Gasteiger partial charge in [0.15, 0.2) is 11.0 Å². The van der Waals surface area contributed by atoms with Crippen LogP contribution in [0.25, 0.3) is 0 Å². The molecule has 3 aromatic rings. The molecule has 1 heterocycles.